The Morgan fingerprint density at radius 3 is 2.95 bits per heavy atom. The normalized spacial score (nSPS) is 18.6. The van der Waals surface area contributed by atoms with E-state index in [-0.39, 0.29) is 5.69 Å². The Hall–Kier alpha value is -1.70. The van der Waals surface area contributed by atoms with Crippen LogP contribution in [0.2, 0.25) is 0 Å². The van der Waals surface area contributed by atoms with Gasteiger partial charge in [-0.3, -0.25) is 10.1 Å². The fourth-order valence-corrected chi connectivity index (χ4v) is 2.75. The monoisotopic (exact) mass is 329 g/mol. The molecule has 0 bridgehead atoms. The van der Waals surface area contributed by atoms with Crippen molar-refractivity contribution in [2.75, 3.05) is 11.4 Å². The molecule has 102 valence electrons. The first-order valence-corrected chi connectivity index (χ1v) is 6.51. The van der Waals surface area contributed by atoms with Gasteiger partial charge in [-0.1, -0.05) is 0 Å². The summed E-state index contributed by atoms with van der Waals surface area (Å²) >= 11 is 3.28. The highest BCUT2D eigenvalue weighted by Gasteiger charge is 2.33. The lowest BCUT2D eigenvalue weighted by atomic mass is 10.2. The first-order chi connectivity index (χ1) is 8.93. The van der Waals surface area contributed by atoms with Crippen LogP contribution in [-0.4, -0.2) is 33.6 Å². The van der Waals surface area contributed by atoms with Gasteiger partial charge in [-0.05, 0) is 35.7 Å². The molecule has 0 saturated carbocycles. The second kappa shape index (κ2) is 5.12. The van der Waals surface area contributed by atoms with E-state index in [1.165, 1.54) is 6.20 Å². The minimum absolute atomic E-state index is 0.0818. The number of aromatic nitrogens is 1. The molecule has 1 saturated heterocycles. The molecule has 1 unspecified atom stereocenters. The Morgan fingerprint density at radius 1 is 1.68 bits per heavy atom. The molecule has 0 spiro atoms. The highest BCUT2D eigenvalue weighted by molar-refractivity contribution is 9.10. The van der Waals surface area contributed by atoms with Gasteiger partial charge >= 0.3 is 5.97 Å². The summed E-state index contributed by atoms with van der Waals surface area (Å²) in [5, 5.41) is 20.0. The topological polar surface area (TPSA) is 96.6 Å². The number of hydrogen-bond donors (Lipinski definition) is 1. The van der Waals surface area contributed by atoms with Crippen LogP contribution in [0.25, 0.3) is 0 Å². The van der Waals surface area contributed by atoms with Crippen LogP contribution >= 0.6 is 15.9 Å². The van der Waals surface area contributed by atoms with Gasteiger partial charge in [0.2, 0.25) is 0 Å². The van der Waals surface area contributed by atoms with Crippen molar-refractivity contribution in [3.8, 4) is 0 Å². The van der Waals surface area contributed by atoms with Gasteiger partial charge in [0.05, 0.1) is 9.40 Å². The maximum atomic E-state index is 11.2. The van der Waals surface area contributed by atoms with Gasteiger partial charge in [-0.2, -0.15) is 0 Å². The molecule has 1 aromatic rings. The number of pyridine rings is 1. The van der Waals surface area contributed by atoms with Gasteiger partial charge in [-0.25, -0.2) is 9.78 Å². The van der Waals surface area contributed by atoms with Crippen LogP contribution in [0.4, 0.5) is 11.5 Å². The van der Waals surface area contributed by atoms with E-state index < -0.39 is 16.9 Å². The zero-order valence-electron chi connectivity index (χ0n) is 10.2. The van der Waals surface area contributed by atoms with E-state index in [0.717, 1.165) is 6.42 Å². The molecule has 7 nitrogen and oxygen atoms in total. The standard InChI is InChI=1S/C11H12BrN3O4/c1-6-8(15(18)19)5-13-10(9(6)12)14-4-2-3-7(14)11(16)17/h5,7H,2-4H2,1H3,(H,16,17). The number of rotatable bonds is 3. The van der Waals surface area contributed by atoms with Crippen molar-refractivity contribution in [3.05, 3.63) is 26.3 Å². The van der Waals surface area contributed by atoms with Crippen LogP contribution in [0.1, 0.15) is 18.4 Å². The number of carboxylic acids is 1. The summed E-state index contributed by atoms with van der Waals surface area (Å²) in [5.41, 5.74) is 0.368. The number of hydrogen-bond acceptors (Lipinski definition) is 5. The molecule has 1 aliphatic rings. The molecule has 0 amide bonds. The second-order valence-electron chi connectivity index (χ2n) is 4.35. The number of aliphatic carboxylic acids is 1. The molecule has 1 aliphatic heterocycles. The predicted molar refractivity (Wildman–Crippen MR) is 71.3 cm³/mol. The van der Waals surface area contributed by atoms with Crippen molar-refractivity contribution in [1.29, 1.82) is 0 Å². The minimum atomic E-state index is -0.901. The third-order valence-corrected chi connectivity index (χ3v) is 4.17. The summed E-state index contributed by atoms with van der Waals surface area (Å²) in [4.78, 5) is 27.2. The number of halogens is 1. The molecule has 2 heterocycles. The maximum absolute atomic E-state index is 11.2. The maximum Gasteiger partial charge on any atom is 0.326 e. The molecule has 0 aliphatic carbocycles. The molecule has 0 radical (unpaired) electrons. The lowest BCUT2D eigenvalue weighted by molar-refractivity contribution is -0.385. The fourth-order valence-electron chi connectivity index (χ4n) is 2.22. The highest BCUT2D eigenvalue weighted by Crippen LogP contribution is 2.35. The van der Waals surface area contributed by atoms with Crippen LogP contribution in [0.5, 0.6) is 0 Å². The number of nitrogens with zero attached hydrogens (tertiary/aromatic N) is 3. The van der Waals surface area contributed by atoms with Crippen LogP contribution < -0.4 is 4.90 Å². The van der Waals surface area contributed by atoms with Crippen molar-refractivity contribution in [1.82, 2.24) is 4.98 Å². The van der Waals surface area contributed by atoms with E-state index in [1.807, 2.05) is 0 Å². The number of carbonyl (C=O) groups is 1. The van der Waals surface area contributed by atoms with Crippen LogP contribution in [0.3, 0.4) is 0 Å². The number of nitro groups is 1. The highest BCUT2D eigenvalue weighted by atomic mass is 79.9. The number of anilines is 1. The Kier molecular flexibility index (Phi) is 3.70. The van der Waals surface area contributed by atoms with E-state index in [0.29, 0.717) is 28.8 Å². The van der Waals surface area contributed by atoms with Crippen LogP contribution in [0.15, 0.2) is 10.7 Å². The van der Waals surface area contributed by atoms with Gasteiger partial charge in [0, 0.05) is 12.1 Å². The zero-order chi connectivity index (χ0) is 14.2. The van der Waals surface area contributed by atoms with Gasteiger partial charge in [0.15, 0.2) is 0 Å². The Labute approximate surface area is 117 Å². The lowest BCUT2D eigenvalue weighted by Crippen LogP contribution is -2.36. The molecule has 1 atom stereocenters. The summed E-state index contributed by atoms with van der Waals surface area (Å²) in [5.74, 6) is -0.449. The predicted octanol–water partition coefficient (Wildman–Crippen LogP) is 2.11. The van der Waals surface area contributed by atoms with Crippen molar-refractivity contribution >= 4 is 33.4 Å². The van der Waals surface area contributed by atoms with E-state index in [1.54, 1.807) is 11.8 Å². The van der Waals surface area contributed by atoms with Gasteiger partial charge < -0.3 is 10.0 Å². The molecule has 0 aromatic carbocycles. The number of carboxylic acid groups (broad SMARTS) is 1. The zero-order valence-corrected chi connectivity index (χ0v) is 11.8. The first kappa shape index (κ1) is 13.7. The second-order valence-corrected chi connectivity index (χ2v) is 5.15. The summed E-state index contributed by atoms with van der Waals surface area (Å²) in [6.07, 6.45) is 2.49. The molecular formula is C11H12BrN3O4. The van der Waals surface area contributed by atoms with E-state index in [9.17, 15) is 14.9 Å². The van der Waals surface area contributed by atoms with E-state index in [4.69, 9.17) is 5.11 Å². The summed E-state index contributed by atoms with van der Waals surface area (Å²) in [6.45, 7) is 2.19. The Bertz CT molecular complexity index is 549. The smallest absolute Gasteiger partial charge is 0.326 e. The van der Waals surface area contributed by atoms with Crippen LogP contribution in [-0.2, 0) is 4.79 Å². The van der Waals surface area contributed by atoms with E-state index >= 15 is 0 Å². The van der Waals surface area contributed by atoms with Gasteiger partial charge in [-0.15, -0.1) is 0 Å². The molecule has 8 heteroatoms. The van der Waals surface area contributed by atoms with E-state index in [2.05, 4.69) is 20.9 Å². The minimum Gasteiger partial charge on any atom is -0.480 e. The Morgan fingerprint density at radius 2 is 2.37 bits per heavy atom. The average Bonchev–Trinajstić information content (AvgIpc) is 2.81. The van der Waals surface area contributed by atoms with Crippen molar-refractivity contribution in [2.45, 2.75) is 25.8 Å². The van der Waals surface area contributed by atoms with Crippen molar-refractivity contribution in [2.24, 2.45) is 0 Å². The average molecular weight is 330 g/mol. The first-order valence-electron chi connectivity index (χ1n) is 5.72. The summed E-state index contributed by atoms with van der Waals surface area (Å²) in [6, 6.07) is -0.621. The summed E-state index contributed by atoms with van der Waals surface area (Å²) < 4.78 is 0.481. The van der Waals surface area contributed by atoms with Crippen molar-refractivity contribution in [3.63, 3.8) is 0 Å². The fraction of sp³-hybridized carbons (Fsp3) is 0.455. The quantitative estimate of drug-likeness (QED) is 0.673. The molecular weight excluding hydrogens is 318 g/mol. The Balaban J connectivity index is 2.44. The molecule has 2 rings (SSSR count). The summed E-state index contributed by atoms with van der Waals surface area (Å²) in [7, 11) is 0. The van der Waals surface area contributed by atoms with Crippen LogP contribution in [0, 0.1) is 17.0 Å². The third kappa shape index (κ3) is 2.40. The molecule has 19 heavy (non-hydrogen) atoms. The SMILES string of the molecule is Cc1c([N+](=O)[O-])cnc(N2CCCC2C(=O)O)c1Br. The van der Waals surface area contributed by atoms with Crippen molar-refractivity contribution < 1.29 is 14.8 Å². The molecule has 1 aromatic heterocycles. The molecule has 1 N–H and O–H groups in total. The molecule has 1 fully saturated rings. The lowest BCUT2D eigenvalue weighted by Gasteiger charge is -2.23. The third-order valence-electron chi connectivity index (χ3n) is 3.23. The van der Waals surface area contributed by atoms with Gasteiger partial charge in [0.1, 0.15) is 18.1 Å². The van der Waals surface area contributed by atoms with Gasteiger partial charge in [0.25, 0.3) is 5.69 Å². The largest absolute Gasteiger partial charge is 0.480 e.